The van der Waals surface area contributed by atoms with Crippen LogP contribution in [0.4, 0.5) is 5.69 Å². The third kappa shape index (κ3) is 4.92. The second kappa shape index (κ2) is 9.31. The van der Waals surface area contributed by atoms with E-state index in [0.717, 1.165) is 16.5 Å². The molecule has 0 fully saturated rings. The van der Waals surface area contributed by atoms with E-state index in [9.17, 15) is 14.4 Å². The maximum Gasteiger partial charge on any atom is 0.336 e. The van der Waals surface area contributed by atoms with Gasteiger partial charge in [0, 0.05) is 28.8 Å². The van der Waals surface area contributed by atoms with Gasteiger partial charge >= 0.3 is 5.63 Å². The van der Waals surface area contributed by atoms with Crippen molar-refractivity contribution in [3.8, 4) is 0 Å². The number of hydrogen-bond acceptors (Lipinski definition) is 4. The monoisotopic (exact) mass is 426 g/mol. The molecule has 0 saturated heterocycles. The minimum Gasteiger partial charge on any atom is -0.423 e. The lowest BCUT2D eigenvalue weighted by Crippen LogP contribution is -2.31. The number of hydrogen-bond donors (Lipinski definition) is 2. The van der Waals surface area contributed by atoms with E-state index in [1.54, 1.807) is 42.5 Å². The Morgan fingerprint density at radius 1 is 0.906 bits per heavy atom. The number of carbonyl (C=O) groups excluding carboxylic acids is 2. The van der Waals surface area contributed by atoms with Gasteiger partial charge in [0.1, 0.15) is 5.58 Å². The lowest BCUT2D eigenvalue weighted by molar-refractivity contribution is -0.116. The van der Waals surface area contributed by atoms with Crippen LogP contribution < -0.4 is 16.3 Å². The lowest BCUT2D eigenvalue weighted by Gasteiger charge is -2.19. The highest BCUT2D eigenvalue weighted by Gasteiger charge is 2.19. The van der Waals surface area contributed by atoms with Crippen LogP contribution >= 0.6 is 0 Å². The first-order valence-corrected chi connectivity index (χ1v) is 10.2. The number of amides is 2. The van der Waals surface area contributed by atoms with Gasteiger partial charge in [0.05, 0.1) is 12.5 Å². The molecule has 0 bridgehead atoms. The maximum absolute atomic E-state index is 12.8. The average molecular weight is 426 g/mol. The van der Waals surface area contributed by atoms with Crippen LogP contribution in [-0.2, 0) is 4.79 Å². The zero-order chi connectivity index (χ0) is 22.5. The summed E-state index contributed by atoms with van der Waals surface area (Å²) in [5, 5.41) is 6.59. The minimum absolute atomic E-state index is 0.0401. The molecule has 6 nitrogen and oxygen atoms in total. The Morgan fingerprint density at radius 3 is 2.31 bits per heavy atom. The van der Waals surface area contributed by atoms with E-state index < -0.39 is 11.7 Å². The molecule has 0 saturated carbocycles. The second-order valence-corrected chi connectivity index (χ2v) is 7.51. The summed E-state index contributed by atoms with van der Waals surface area (Å²) in [5.41, 5.74) is 2.64. The molecule has 1 unspecified atom stereocenters. The molecule has 0 aliphatic heterocycles. The van der Waals surface area contributed by atoms with Crippen molar-refractivity contribution in [2.24, 2.45) is 0 Å². The summed E-state index contributed by atoms with van der Waals surface area (Å²) in [5.74, 6) is -0.531. The average Bonchev–Trinajstić information content (AvgIpc) is 2.79. The van der Waals surface area contributed by atoms with Gasteiger partial charge in [-0.3, -0.25) is 9.59 Å². The highest BCUT2D eigenvalue weighted by Crippen LogP contribution is 2.22. The first-order valence-electron chi connectivity index (χ1n) is 10.2. The molecule has 160 valence electrons. The van der Waals surface area contributed by atoms with E-state index >= 15 is 0 Å². The van der Waals surface area contributed by atoms with Crippen LogP contribution in [0.1, 0.15) is 33.9 Å². The Morgan fingerprint density at radius 2 is 1.59 bits per heavy atom. The number of carbonyl (C=O) groups is 2. The molecular formula is C26H22N2O4. The van der Waals surface area contributed by atoms with Gasteiger partial charge < -0.3 is 15.1 Å². The third-order valence-corrected chi connectivity index (χ3v) is 5.17. The molecule has 2 N–H and O–H groups in total. The van der Waals surface area contributed by atoms with Gasteiger partial charge in [0.15, 0.2) is 0 Å². The highest BCUT2D eigenvalue weighted by atomic mass is 16.4. The van der Waals surface area contributed by atoms with Crippen LogP contribution in [0, 0.1) is 6.92 Å². The summed E-state index contributed by atoms with van der Waals surface area (Å²) in [6.07, 6.45) is 0.0401. The molecule has 2 amide bonds. The molecule has 32 heavy (non-hydrogen) atoms. The Bertz CT molecular complexity index is 1310. The van der Waals surface area contributed by atoms with Gasteiger partial charge in [-0.15, -0.1) is 0 Å². The molecule has 6 heteroatoms. The quantitative estimate of drug-likeness (QED) is 0.441. The molecule has 0 spiro atoms. The summed E-state index contributed by atoms with van der Waals surface area (Å²) >= 11 is 0. The normalized spacial score (nSPS) is 11.7. The molecular weight excluding hydrogens is 404 g/mol. The number of benzene rings is 3. The van der Waals surface area contributed by atoms with Crippen molar-refractivity contribution in [3.05, 3.63) is 112 Å². The van der Waals surface area contributed by atoms with Crippen molar-refractivity contribution >= 4 is 28.5 Å². The topological polar surface area (TPSA) is 88.4 Å². The van der Waals surface area contributed by atoms with E-state index in [2.05, 4.69) is 10.6 Å². The molecule has 3 aromatic carbocycles. The molecule has 1 atom stereocenters. The Kier molecular flexibility index (Phi) is 6.12. The molecule has 4 rings (SSSR count). The van der Waals surface area contributed by atoms with Crippen molar-refractivity contribution in [3.63, 3.8) is 0 Å². The van der Waals surface area contributed by atoms with Gasteiger partial charge in [0.25, 0.3) is 5.91 Å². The van der Waals surface area contributed by atoms with Gasteiger partial charge in [-0.05, 0) is 42.3 Å². The fourth-order valence-electron chi connectivity index (χ4n) is 3.57. The zero-order valence-electron chi connectivity index (χ0n) is 17.5. The fraction of sp³-hybridized carbons (Fsp3) is 0.115. The van der Waals surface area contributed by atoms with E-state index in [1.165, 1.54) is 6.07 Å². The van der Waals surface area contributed by atoms with Crippen molar-refractivity contribution in [1.82, 2.24) is 5.32 Å². The van der Waals surface area contributed by atoms with Crippen molar-refractivity contribution in [2.75, 3.05) is 5.32 Å². The first kappa shape index (κ1) is 21.1. The van der Waals surface area contributed by atoms with Crippen LogP contribution in [0.5, 0.6) is 0 Å². The van der Waals surface area contributed by atoms with E-state index in [0.29, 0.717) is 16.8 Å². The Hall–Kier alpha value is -4.19. The molecule has 4 aromatic rings. The largest absolute Gasteiger partial charge is 0.423 e. The van der Waals surface area contributed by atoms with Gasteiger partial charge in [0.2, 0.25) is 5.91 Å². The smallest absolute Gasteiger partial charge is 0.336 e. The SMILES string of the molecule is Cc1cc(=O)oc2cc(NC(=O)CC(NC(=O)c3ccccc3)c3ccccc3)ccc12. The lowest BCUT2D eigenvalue weighted by atomic mass is 10.0. The molecule has 0 radical (unpaired) electrons. The highest BCUT2D eigenvalue weighted by molar-refractivity contribution is 5.96. The minimum atomic E-state index is -0.510. The van der Waals surface area contributed by atoms with E-state index in [-0.39, 0.29) is 18.2 Å². The Labute approximate surface area is 184 Å². The van der Waals surface area contributed by atoms with E-state index in [1.807, 2.05) is 43.3 Å². The summed E-state index contributed by atoms with van der Waals surface area (Å²) < 4.78 is 5.25. The number of aryl methyl sites for hydroxylation is 1. The summed E-state index contributed by atoms with van der Waals surface area (Å²) in [6.45, 7) is 1.83. The summed E-state index contributed by atoms with van der Waals surface area (Å²) in [4.78, 5) is 37.2. The van der Waals surface area contributed by atoms with Crippen LogP contribution in [-0.4, -0.2) is 11.8 Å². The van der Waals surface area contributed by atoms with E-state index in [4.69, 9.17) is 4.42 Å². The van der Waals surface area contributed by atoms with Crippen LogP contribution in [0.3, 0.4) is 0 Å². The summed E-state index contributed by atoms with van der Waals surface area (Å²) in [7, 11) is 0. The predicted molar refractivity (Wildman–Crippen MR) is 124 cm³/mol. The van der Waals surface area contributed by atoms with Gasteiger partial charge in [-0.25, -0.2) is 4.79 Å². The number of anilines is 1. The van der Waals surface area contributed by atoms with Crippen LogP contribution in [0.2, 0.25) is 0 Å². The van der Waals surface area contributed by atoms with Gasteiger partial charge in [-0.2, -0.15) is 0 Å². The Balaban J connectivity index is 1.53. The molecule has 0 aliphatic carbocycles. The van der Waals surface area contributed by atoms with Crippen molar-refractivity contribution < 1.29 is 14.0 Å². The molecule has 1 aromatic heterocycles. The summed E-state index contributed by atoms with van der Waals surface area (Å²) in [6, 6.07) is 24.3. The number of rotatable bonds is 6. The van der Waals surface area contributed by atoms with Crippen LogP contribution in [0.25, 0.3) is 11.0 Å². The first-order chi connectivity index (χ1) is 15.5. The second-order valence-electron chi connectivity index (χ2n) is 7.51. The molecule has 0 aliphatic rings. The van der Waals surface area contributed by atoms with Crippen molar-refractivity contribution in [2.45, 2.75) is 19.4 Å². The van der Waals surface area contributed by atoms with Crippen LogP contribution in [0.15, 0.2) is 94.1 Å². The number of nitrogens with one attached hydrogen (secondary N) is 2. The predicted octanol–water partition coefficient (Wildman–Crippen LogP) is 4.60. The zero-order valence-corrected chi connectivity index (χ0v) is 17.5. The molecule has 1 heterocycles. The van der Waals surface area contributed by atoms with Gasteiger partial charge in [-0.1, -0.05) is 48.5 Å². The fourth-order valence-corrected chi connectivity index (χ4v) is 3.57. The van der Waals surface area contributed by atoms with Crippen molar-refractivity contribution in [1.29, 1.82) is 0 Å². The maximum atomic E-state index is 12.8. The standard InChI is InChI=1S/C26H22N2O4/c1-17-14-25(30)32-23-15-20(12-13-21(17)23)27-24(29)16-22(18-8-4-2-5-9-18)28-26(31)19-10-6-3-7-11-19/h2-15,22H,16H2,1H3,(H,27,29)(H,28,31). The number of fused-ring (bicyclic) bond motifs is 1. The third-order valence-electron chi connectivity index (χ3n) is 5.17.